The molecule has 4 rings (SSSR count). The summed E-state index contributed by atoms with van der Waals surface area (Å²) in [6.07, 6.45) is 6.63. The zero-order valence-corrected chi connectivity index (χ0v) is 14.9. The Bertz CT molecular complexity index is 766. The molecule has 0 aliphatic carbocycles. The number of nitrogens with zero attached hydrogens (tertiary/aromatic N) is 4. The molecule has 0 spiro atoms. The number of rotatable bonds is 2. The van der Waals surface area contributed by atoms with Gasteiger partial charge in [0.05, 0.1) is 12.4 Å². The SMILES string of the molecule is CC1CCN(c2cnc(C(=O)N3c4ccccc4CC3C)cn2)CC1. The van der Waals surface area contributed by atoms with Crippen LogP contribution in [0.1, 0.15) is 42.7 Å². The summed E-state index contributed by atoms with van der Waals surface area (Å²) in [7, 11) is 0. The Hall–Kier alpha value is -2.43. The predicted octanol–water partition coefficient (Wildman–Crippen LogP) is 3.30. The summed E-state index contributed by atoms with van der Waals surface area (Å²) in [5, 5.41) is 0. The lowest BCUT2D eigenvalue weighted by Crippen LogP contribution is -2.36. The molecule has 1 unspecified atom stereocenters. The van der Waals surface area contributed by atoms with Gasteiger partial charge in [-0.15, -0.1) is 0 Å². The lowest BCUT2D eigenvalue weighted by molar-refractivity contribution is 0.0976. The van der Waals surface area contributed by atoms with E-state index in [-0.39, 0.29) is 11.9 Å². The normalized spacial score (nSPS) is 20.6. The quantitative estimate of drug-likeness (QED) is 0.844. The summed E-state index contributed by atoms with van der Waals surface area (Å²) in [6.45, 7) is 6.40. The van der Waals surface area contributed by atoms with Crippen molar-refractivity contribution in [3.63, 3.8) is 0 Å². The lowest BCUT2D eigenvalue weighted by Gasteiger charge is -2.31. The smallest absolute Gasteiger partial charge is 0.278 e. The van der Waals surface area contributed by atoms with E-state index in [2.05, 4.69) is 34.8 Å². The van der Waals surface area contributed by atoms with E-state index in [1.165, 1.54) is 18.4 Å². The van der Waals surface area contributed by atoms with Crippen LogP contribution in [0.5, 0.6) is 0 Å². The minimum atomic E-state index is -0.0660. The van der Waals surface area contributed by atoms with Crippen LogP contribution < -0.4 is 9.80 Å². The number of piperidine rings is 1. The summed E-state index contributed by atoms with van der Waals surface area (Å²) in [5.41, 5.74) is 2.63. The van der Waals surface area contributed by atoms with Gasteiger partial charge in [0.25, 0.3) is 5.91 Å². The Kier molecular flexibility index (Phi) is 4.15. The molecule has 2 aliphatic heterocycles. The summed E-state index contributed by atoms with van der Waals surface area (Å²) in [6, 6.07) is 8.24. The van der Waals surface area contributed by atoms with Gasteiger partial charge in [0, 0.05) is 24.8 Å². The average molecular weight is 336 g/mol. The monoisotopic (exact) mass is 336 g/mol. The van der Waals surface area contributed by atoms with Crippen LogP contribution in [0.3, 0.4) is 0 Å². The topological polar surface area (TPSA) is 49.3 Å². The molecule has 1 atom stereocenters. The zero-order chi connectivity index (χ0) is 17.4. The van der Waals surface area contributed by atoms with E-state index in [1.54, 1.807) is 12.4 Å². The largest absolute Gasteiger partial charge is 0.355 e. The maximum absolute atomic E-state index is 13.0. The van der Waals surface area contributed by atoms with Crippen LogP contribution in [0.15, 0.2) is 36.7 Å². The predicted molar refractivity (Wildman–Crippen MR) is 99.1 cm³/mol. The molecule has 0 N–H and O–H groups in total. The second kappa shape index (κ2) is 6.47. The first kappa shape index (κ1) is 16.1. The average Bonchev–Trinajstić information content (AvgIpc) is 2.97. The number of hydrogen-bond donors (Lipinski definition) is 0. The van der Waals surface area contributed by atoms with E-state index in [0.29, 0.717) is 5.69 Å². The number of amides is 1. The highest BCUT2D eigenvalue weighted by atomic mass is 16.2. The number of hydrogen-bond acceptors (Lipinski definition) is 4. The molecule has 0 bridgehead atoms. The maximum Gasteiger partial charge on any atom is 0.278 e. The van der Waals surface area contributed by atoms with Crippen molar-refractivity contribution >= 4 is 17.4 Å². The minimum Gasteiger partial charge on any atom is -0.355 e. The molecule has 1 aromatic heterocycles. The first-order valence-electron chi connectivity index (χ1n) is 9.12. The van der Waals surface area contributed by atoms with Crippen molar-refractivity contribution in [2.75, 3.05) is 22.9 Å². The van der Waals surface area contributed by atoms with Gasteiger partial charge in [0.15, 0.2) is 0 Å². The molecular formula is C20H24N4O. The first-order chi connectivity index (χ1) is 12.1. The van der Waals surface area contributed by atoms with Gasteiger partial charge in [-0.3, -0.25) is 4.79 Å². The summed E-state index contributed by atoms with van der Waals surface area (Å²) in [5.74, 6) is 1.59. The van der Waals surface area contributed by atoms with Gasteiger partial charge >= 0.3 is 0 Å². The van der Waals surface area contributed by atoms with Crippen LogP contribution in [0.2, 0.25) is 0 Å². The van der Waals surface area contributed by atoms with Crippen LogP contribution in [0, 0.1) is 5.92 Å². The Labute approximate surface area is 148 Å². The van der Waals surface area contributed by atoms with Crippen molar-refractivity contribution in [2.24, 2.45) is 5.92 Å². The molecule has 1 aromatic carbocycles. The first-order valence-corrected chi connectivity index (χ1v) is 9.12. The van der Waals surface area contributed by atoms with E-state index >= 15 is 0 Å². The van der Waals surface area contributed by atoms with Gasteiger partial charge in [-0.25, -0.2) is 9.97 Å². The molecule has 0 radical (unpaired) electrons. The van der Waals surface area contributed by atoms with Gasteiger partial charge < -0.3 is 9.80 Å². The third-order valence-corrected chi connectivity index (χ3v) is 5.39. The van der Waals surface area contributed by atoms with Crippen molar-refractivity contribution < 1.29 is 4.79 Å². The Morgan fingerprint density at radius 3 is 2.56 bits per heavy atom. The van der Waals surface area contributed by atoms with Crippen molar-refractivity contribution in [1.82, 2.24) is 9.97 Å². The van der Waals surface area contributed by atoms with Crippen LogP contribution in [0.25, 0.3) is 0 Å². The molecule has 5 nitrogen and oxygen atoms in total. The van der Waals surface area contributed by atoms with Crippen molar-refractivity contribution in [3.8, 4) is 0 Å². The zero-order valence-electron chi connectivity index (χ0n) is 14.9. The molecule has 0 saturated carbocycles. The van der Waals surface area contributed by atoms with Gasteiger partial charge in [-0.2, -0.15) is 0 Å². The van der Waals surface area contributed by atoms with Gasteiger partial charge in [-0.05, 0) is 43.7 Å². The number of anilines is 2. The fourth-order valence-electron chi connectivity index (χ4n) is 3.83. The highest BCUT2D eigenvalue weighted by molar-refractivity contribution is 6.06. The second-order valence-electron chi connectivity index (χ2n) is 7.29. The molecule has 130 valence electrons. The maximum atomic E-state index is 13.0. The van der Waals surface area contributed by atoms with Gasteiger partial charge in [0.1, 0.15) is 11.5 Å². The van der Waals surface area contributed by atoms with Crippen LogP contribution in [-0.4, -0.2) is 35.0 Å². The van der Waals surface area contributed by atoms with E-state index in [4.69, 9.17) is 0 Å². The van der Waals surface area contributed by atoms with Gasteiger partial charge in [-0.1, -0.05) is 25.1 Å². The summed E-state index contributed by atoms with van der Waals surface area (Å²) >= 11 is 0. The molecule has 2 aliphatic rings. The van der Waals surface area contributed by atoms with E-state index in [0.717, 1.165) is 36.9 Å². The second-order valence-corrected chi connectivity index (χ2v) is 7.29. The molecule has 1 saturated heterocycles. The number of carbonyl (C=O) groups excluding carboxylic acids is 1. The summed E-state index contributed by atoms with van der Waals surface area (Å²) < 4.78 is 0. The third-order valence-electron chi connectivity index (χ3n) is 5.39. The van der Waals surface area contributed by atoms with E-state index < -0.39 is 0 Å². The molecule has 5 heteroatoms. The van der Waals surface area contributed by atoms with Crippen molar-refractivity contribution in [1.29, 1.82) is 0 Å². The molecule has 3 heterocycles. The van der Waals surface area contributed by atoms with Crippen LogP contribution >= 0.6 is 0 Å². The third kappa shape index (κ3) is 2.99. The lowest BCUT2D eigenvalue weighted by atomic mass is 9.99. The van der Waals surface area contributed by atoms with Crippen LogP contribution in [-0.2, 0) is 6.42 Å². The Morgan fingerprint density at radius 2 is 1.84 bits per heavy atom. The van der Waals surface area contributed by atoms with E-state index in [9.17, 15) is 4.79 Å². The molecule has 1 fully saturated rings. The van der Waals surface area contributed by atoms with Crippen molar-refractivity contribution in [2.45, 2.75) is 39.2 Å². The Morgan fingerprint density at radius 1 is 1.08 bits per heavy atom. The molecule has 25 heavy (non-hydrogen) atoms. The fraction of sp³-hybridized carbons (Fsp3) is 0.450. The van der Waals surface area contributed by atoms with Crippen molar-refractivity contribution in [3.05, 3.63) is 47.9 Å². The highest BCUT2D eigenvalue weighted by Crippen LogP contribution is 2.32. The standard InChI is InChI=1S/C20H24N4O/c1-14-7-9-23(10-8-14)19-13-21-17(12-22-19)20(25)24-15(2)11-16-5-3-4-6-18(16)24/h3-6,12-15H,7-11H2,1-2H3. The van der Waals surface area contributed by atoms with E-state index in [1.807, 2.05) is 23.1 Å². The Balaban J connectivity index is 1.53. The summed E-state index contributed by atoms with van der Waals surface area (Å²) in [4.78, 5) is 26.0. The minimum absolute atomic E-state index is 0.0660. The molecule has 1 amide bonds. The van der Waals surface area contributed by atoms with Crippen LogP contribution in [0.4, 0.5) is 11.5 Å². The van der Waals surface area contributed by atoms with Gasteiger partial charge in [0.2, 0.25) is 0 Å². The molecule has 2 aromatic rings. The number of aromatic nitrogens is 2. The molecular weight excluding hydrogens is 312 g/mol. The number of fused-ring (bicyclic) bond motifs is 1. The number of benzene rings is 1. The number of para-hydroxylation sites is 1. The fourth-order valence-corrected chi connectivity index (χ4v) is 3.83. The highest BCUT2D eigenvalue weighted by Gasteiger charge is 2.32. The number of carbonyl (C=O) groups is 1.